The molecule has 0 spiro atoms. The van der Waals surface area contributed by atoms with Gasteiger partial charge in [0.2, 0.25) is 0 Å². The molecule has 1 aliphatic rings. The number of methoxy groups -OCH3 is 1. The van der Waals surface area contributed by atoms with Crippen LogP contribution in [0.15, 0.2) is 30.6 Å². The van der Waals surface area contributed by atoms with Gasteiger partial charge in [0.15, 0.2) is 0 Å². The van der Waals surface area contributed by atoms with E-state index in [2.05, 4.69) is 9.55 Å². The molecule has 2 aromatic rings. The number of ether oxygens (including phenoxy) is 1. The van der Waals surface area contributed by atoms with Crippen molar-refractivity contribution < 1.29 is 9.13 Å². The van der Waals surface area contributed by atoms with Crippen molar-refractivity contribution in [3.63, 3.8) is 0 Å². The van der Waals surface area contributed by atoms with Crippen molar-refractivity contribution in [1.82, 2.24) is 9.55 Å². The van der Waals surface area contributed by atoms with Gasteiger partial charge in [0.1, 0.15) is 11.6 Å². The van der Waals surface area contributed by atoms with Crippen LogP contribution >= 0.6 is 11.6 Å². The average molecular weight is 309 g/mol. The van der Waals surface area contributed by atoms with Crippen molar-refractivity contribution in [2.75, 3.05) is 7.11 Å². The minimum Gasteiger partial charge on any atom is -0.381 e. The molecule has 0 unspecified atom stereocenters. The van der Waals surface area contributed by atoms with E-state index in [-0.39, 0.29) is 5.82 Å². The summed E-state index contributed by atoms with van der Waals surface area (Å²) in [6.45, 7) is 0. The monoisotopic (exact) mass is 308 g/mol. The first kappa shape index (κ1) is 14.5. The number of nitrogens with zero attached hydrogens (tertiary/aromatic N) is 2. The molecule has 1 aromatic heterocycles. The number of hydrogen-bond donors (Lipinski definition) is 0. The molecular weight excluding hydrogens is 291 g/mol. The molecule has 3 rings (SSSR count). The largest absolute Gasteiger partial charge is 0.381 e. The van der Waals surface area contributed by atoms with Crippen LogP contribution in [0.4, 0.5) is 4.39 Å². The summed E-state index contributed by atoms with van der Waals surface area (Å²) in [5.74, 6) is 0.338. The third-order valence-electron chi connectivity index (χ3n) is 4.21. The Morgan fingerprint density at radius 3 is 2.71 bits per heavy atom. The first-order valence-corrected chi connectivity index (χ1v) is 7.58. The van der Waals surface area contributed by atoms with Gasteiger partial charge in [-0.25, -0.2) is 9.37 Å². The van der Waals surface area contributed by atoms with Gasteiger partial charge in [-0.1, -0.05) is 11.6 Å². The molecule has 0 bridgehead atoms. The standard InChI is InChI=1S/C16H18ClFN2O/c1-21-13-5-3-12(4-6-13)20-9-8-19-16(20)14-7-2-11(17)10-15(14)18/h2,7-10,12-13H,3-6H2,1H3. The Kier molecular flexibility index (Phi) is 4.27. The first-order chi connectivity index (χ1) is 10.2. The van der Waals surface area contributed by atoms with Crippen molar-refractivity contribution in [2.24, 2.45) is 0 Å². The number of benzene rings is 1. The maximum absolute atomic E-state index is 14.1. The summed E-state index contributed by atoms with van der Waals surface area (Å²) in [4.78, 5) is 4.34. The maximum Gasteiger partial charge on any atom is 0.143 e. The van der Waals surface area contributed by atoms with Crippen molar-refractivity contribution in [1.29, 1.82) is 0 Å². The number of imidazole rings is 1. The van der Waals surface area contributed by atoms with Crippen LogP contribution in [0.2, 0.25) is 5.02 Å². The highest BCUT2D eigenvalue weighted by Gasteiger charge is 2.24. The molecule has 0 saturated heterocycles. The molecule has 1 fully saturated rings. The number of aromatic nitrogens is 2. The van der Waals surface area contributed by atoms with Gasteiger partial charge in [0, 0.05) is 30.6 Å². The summed E-state index contributed by atoms with van der Waals surface area (Å²) in [7, 11) is 1.76. The van der Waals surface area contributed by atoms with E-state index in [1.54, 1.807) is 25.4 Å². The molecule has 1 heterocycles. The summed E-state index contributed by atoms with van der Waals surface area (Å²) >= 11 is 5.82. The van der Waals surface area contributed by atoms with E-state index < -0.39 is 0 Å². The summed E-state index contributed by atoms with van der Waals surface area (Å²) in [6, 6.07) is 5.07. The molecule has 0 amide bonds. The lowest BCUT2D eigenvalue weighted by atomic mass is 9.92. The molecule has 1 aromatic carbocycles. The first-order valence-electron chi connectivity index (χ1n) is 7.20. The van der Waals surface area contributed by atoms with Gasteiger partial charge in [0.05, 0.1) is 11.7 Å². The molecule has 3 nitrogen and oxygen atoms in total. The van der Waals surface area contributed by atoms with Gasteiger partial charge in [0.25, 0.3) is 0 Å². The minimum absolute atomic E-state index is 0.333. The van der Waals surface area contributed by atoms with E-state index in [0.717, 1.165) is 25.7 Å². The topological polar surface area (TPSA) is 27.1 Å². The quantitative estimate of drug-likeness (QED) is 0.836. The van der Waals surface area contributed by atoms with E-state index in [1.807, 2.05) is 6.20 Å². The highest BCUT2D eigenvalue weighted by Crippen LogP contribution is 2.34. The van der Waals surface area contributed by atoms with Gasteiger partial charge in [-0.15, -0.1) is 0 Å². The van der Waals surface area contributed by atoms with Crippen molar-refractivity contribution in [2.45, 2.75) is 37.8 Å². The van der Waals surface area contributed by atoms with Crippen molar-refractivity contribution in [3.8, 4) is 11.4 Å². The second-order valence-corrected chi connectivity index (χ2v) is 5.88. The van der Waals surface area contributed by atoms with Gasteiger partial charge >= 0.3 is 0 Å². The lowest BCUT2D eigenvalue weighted by molar-refractivity contribution is 0.0586. The Labute approximate surface area is 128 Å². The zero-order valence-corrected chi connectivity index (χ0v) is 12.7. The van der Waals surface area contributed by atoms with E-state index in [1.165, 1.54) is 6.07 Å². The summed E-state index contributed by atoms with van der Waals surface area (Å²) in [5, 5.41) is 0.398. The molecule has 112 valence electrons. The molecule has 1 saturated carbocycles. The molecule has 5 heteroatoms. The number of hydrogen-bond acceptors (Lipinski definition) is 2. The molecule has 21 heavy (non-hydrogen) atoms. The zero-order valence-electron chi connectivity index (χ0n) is 11.9. The predicted molar refractivity (Wildman–Crippen MR) is 80.9 cm³/mol. The molecule has 0 radical (unpaired) electrons. The smallest absolute Gasteiger partial charge is 0.143 e. The molecule has 0 aliphatic heterocycles. The van der Waals surface area contributed by atoms with E-state index in [4.69, 9.17) is 16.3 Å². The highest BCUT2D eigenvalue weighted by atomic mass is 35.5. The van der Waals surface area contributed by atoms with E-state index >= 15 is 0 Å². The fourth-order valence-electron chi connectivity index (χ4n) is 3.05. The molecular formula is C16H18ClFN2O. The Morgan fingerprint density at radius 1 is 1.29 bits per heavy atom. The van der Waals surface area contributed by atoms with Crippen LogP contribution in [0.1, 0.15) is 31.7 Å². The van der Waals surface area contributed by atoms with Crippen LogP contribution in [-0.2, 0) is 4.74 Å². The minimum atomic E-state index is -0.333. The third kappa shape index (κ3) is 2.97. The van der Waals surface area contributed by atoms with Crippen LogP contribution in [0.25, 0.3) is 11.4 Å². The number of rotatable bonds is 3. The average Bonchev–Trinajstić information content (AvgIpc) is 2.96. The van der Waals surface area contributed by atoms with Crippen LogP contribution < -0.4 is 0 Å². The van der Waals surface area contributed by atoms with E-state index in [0.29, 0.717) is 28.6 Å². The van der Waals surface area contributed by atoms with Gasteiger partial charge in [-0.2, -0.15) is 0 Å². The second-order valence-electron chi connectivity index (χ2n) is 5.45. The SMILES string of the molecule is COC1CCC(n2ccnc2-c2ccc(Cl)cc2F)CC1. The van der Waals surface area contributed by atoms with Crippen molar-refractivity contribution >= 4 is 11.6 Å². The normalized spacial score (nSPS) is 22.4. The van der Waals surface area contributed by atoms with E-state index in [9.17, 15) is 4.39 Å². The number of halogens is 2. The Morgan fingerprint density at radius 2 is 2.05 bits per heavy atom. The van der Waals surface area contributed by atoms with Crippen LogP contribution in [-0.4, -0.2) is 22.8 Å². The predicted octanol–water partition coefficient (Wildman–Crippen LogP) is 4.47. The van der Waals surface area contributed by atoms with Crippen molar-refractivity contribution in [3.05, 3.63) is 41.4 Å². The lowest BCUT2D eigenvalue weighted by Gasteiger charge is -2.29. The second kappa shape index (κ2) is 6.16. The fourth-order valence-corrected chi connectivity index (χ4v) is 3.21. The molecule has 0 N–H and O–H groups in total. The molecule has 1 aliphatic carbocycles. The van der Waals surface area contributed by atoms with Gasteiger partial charge in [-0.3, -0.25) is 0 Å². The highest BCUT2D eigenvalue weighted by molar-refractivity contribution is 6.30. The van der Waals surface area contributed by atoms with Gasteiger partial charge in [-0.05, 0) is 43.9 Å². The third-order valence-corrected chi connectivity index (χ3v) is 4.45. The Bertz CT molecular complexity index is 620. The summed E-state index contributed by atoms with van der Waals surface area (Å²) in [5.41, 5.74) is 0.498. The Balaban J connectivity index is 1.87. The Hall–Kier alpha value is -1.39. The molecule has 0 atom stereocenters. The van der Waals surface area contributed by atoms with Crippen LogP contribution in [0, 0.1) is 5.82 Å². The lowest BCUT2D eigenvalue weighted by Crippen LogP contribution is -2.22. The van der Waals surface area contributed by atoms with Crippen LogP contribution in [0.3, 0.4) is 0 Å². The summed E-state index contributed by atoms with van der Waals surface area (Å²) < 4.78 is 21.6. The summed E-state index contributed by atoms with van der Waals surface area (Å²) in [6.07, 6.45) is 8.12. The van der Waals surface area contributed by atoms with Crippen LogP contribution in [0.5, 0.6) is 0 Å². The maximum atomic E-state index is 14.1. The zero-order chi connectivity index (χ0) is 14.8. The fraction of sp³-hybridized carbons (Fsp3) is 0.438. The van der Waals surface area contributed by atoms with Gasteiger partial charge < -0.3 is 9.30 Å².